The zero-order chi connectivity index (χ0) is 42.5. The van der Waals surface area contributed by atoms with Crippen molar-refractivity contribution in [2.24, 2.45) is 10.4 Å². The Morgan fingerprint density at radius 1 is 0.500 bits per heavy atom. The van der Waals surface area contributed by atoms with Gasteiger partial charge in [0.1, 0.15) is 0 Å². The molecule has 0 bridgehead atoms. The molecule has 2 aliphatic carbocycles. The summed E-state index contributed by atoms with van der Waals surface area (Å²) in [5.41, 5.74) is 20.5. The number of hydrogen-bond donors (Lipinski definition) is 0. The van der Waals surface area contributed by atoms with E-state index >= 15 is 0 Å². The first-order valence-electron chi connectivity index (χ1n) is 22.2. The van der Waals surface area contributed by atoms with Gasteiger partial charge in [-0.25, -0.2) is 0 Å². The molecular formula is C61H41N3. The number of rotatable bonds is 5. The number of pyridine rings is 2. The molecule has 64 heavy (non-hydrogen) atoms. The molecule has 2 aromatic heterocycles. The fraction of sp³-hybridized carbons (Fsp3) is 0.0656. The Hall–Kier alpha value is -8.01. The lowest BCUT2D eigenvalue weighted by atomic mass is 9.64. The second-order valence-electron chi connectivity index (χ2n) is 17.6. The van der Waals surface area contributed by atoms with E-state index in [-0.39, 0.29) is 6.04 Å². The van der Waals surface area contributed by atoms with E-state index in [0.717, 1.165) is 44.7 Å². The number of hydrogen-bond acceptors (Lipinski definition) is 3. The second kappa shape index (κ2) is 14.0. The minimum atomic E-state index is -0.491. The molecule has 0 radical (unpaired) electrons. The number of nitrogens with zero attached hydrogens (tertiary/aromatic N) is 3. The van der Waals surface area contributed by atoms with Crippen LogP contribution in [0.4, 0.5) is 0 Å². The molecular weight excluding hydrogens is 775 g/mol. The van der Waals surface area contributed by atoms with Crippen molar-refractivity contribution in [3.05, 3.63) is 228 Å². The highest BCUT2D eigenvalue weighted by Crippen LogP contribution is 2.61. The quantitative estimate of drug-likeness (QED) is 0.174. The number of fused-ring (bicyclic) bond motifs is 9. The van der Waals surface area contributed by atoms with Crippen LogP contribution in [0.1, 0.15) is 40.9 Å². The van der Waals surface area contributed by atoms with Gasteiger partial charge in [0.2, 0.25) is 0 Å². The smallest absolute Gasteiger partial charge is 0.0892 e. The first kappa shape index (κ1) is 36.6. The Morgan fingerprint density at radius 3 is 1.78 bits per heavy atom. The van der Waals surface area contributed by atoms with Gasteiger partial charge in [0, 0.05) is 33.8 Å². The van der Waals surface area contributed by atoms with Crippen molar-refractivity contribution in [2.75, 3.05) is 0 Å². The molecule has 2 unspecified atom stereocenters. The van der Waals surface area contributed by atoms with Gasteiger partial charge in [-0.1, -0.05) is 164 Å². The van der Waals surface area contributed by atoms with Crippen molar-refractivity contribution in [3.63, 3.8) is 0 Å². The fourth-order valence-electron chi connectivity index (χ4n) is 11.1. The van der Waals surface area contributed by atoms with Crippen LogP contribution in [0.3, 0.4) is 0 Å². The summed E-state index contributed by atoms with van der Waals surface area (Å²) in [6.07, 6.45) is 8.98. The summed E-state index contributed by atoms with van der Waals surface area (Å²) >= 11 is 0. The number of aryl methyl sites for hydroxylation is 1. The first-order valence-corrected chi connectivity index (χ1v) is 22.2. The molecule has 0 amide bonds. The van der Waals surface area contributed by atoms with E-state index in [0.29, 0.717) is 0 Å². The van der Waals surface area contributed by atoms with E-state index in [1.165, 1.54) is 82.8 Å². The van der Waals surface area contributed by atoms with Crippen LogP contribution in [0.2, 0.25) is 0 Å². The highest BCUT2D eigenvalue weighted by Gasteiger charge is 2.45. The molecule has 3 nitrogen and oxygen atoms in total. The Kier molecular flexibility index (Phi) is 8.01. The van der Waals surface area contributed by atoms with Crippen molar-refractivity contribution in [3.8, 4) is 55.8 Å². The van der Waals surface area contributed by atoms with Crippen molar-refractivity contribution in [2.45, 2.75) is 19.9 Å². The van der Waals surface area contributed by atoms with Gasteiger partial charge in [-0.05, 0) is 139 Å². The van der Waals surface area contributed by atoms with Gasteiger partial charge in [0.15, 0.2) is 0 Å². The van der Waals surface area contributed by atoms with Gasteiger partial charge in [-0.2, -0.15) is 0 Å². The third-order valence-electron chi connectivity index (χ3n) is 14.0. The van der Waals surface area contributed by atoms with E-state index in [2.05, 4.69) is 208 Å². The van der Waals surface area contributed by atoms with Crippen LogP contribution in [-0.4, -0.2) is 15.7 Å². The zero-order valence-corrected chi connectivity index (χ0v) is 35.5. The predicted octanol–water partition coefficient (Wildman–Crippen LogP) is 15.6. The summed E-state index contributed by atoms with van der Waals surface area (Å²) in [5, 5.41) is 6.15. The lowest BCUT2D eigenvalue weighted by Crippen LogP contribution is -2.31. The van der Waals surface area contributed by atoms with Crippen LogP contribution in [0.15, 0.2) is 205 Å². The number of aromatic nitrogens is 2. The average molecular weight is 816 g/mol. The topological polar surface area (TPSA) is 38.1 Å². The molecule has 8 aromatic carbocycles. The Labute approximate surface area is 372 Å². The Bertz CT molecular complexity index is 3570. The molecule has 0 N–H and O–H groups in total. The van der Waals surface area contributed by atoms with Crippen LogP contribution in [0, 0.1) is 12.3 Å². The first-order chi connectivity index (χ1) is 31.5. The maximum absolute atomic E-state index is 5.75. The van der Waals surface area contributed by atoms with Crippen molar-refractivity contribution < 1.29 is 0 Å². The highest BCUT2D eigenvalue weighted by molar-refractivity contribution is 6.29. The minimum absolute atomic E-state index is 0.225. The summed E-state index contributed by atoms with van der Waals surface area (Å²) in [7, 11) is 0. The molecule has 0 saturated carbocycles. The van der Waals surface area contributed by atoms with Crippen LogP contribution < -0.4 is 0 Å². The van der Waals surface area contributed by atoms with Gasteiger partial charge < -0.3 is 0 Å². The predicted molar refractivity (Wildman–Crippen MR) is 267 cm³/mol. The SMILES string of the molecule is Cc1ccc2c(-c3ccccn3)cc3c(c2n1)C=C(c1ccc2c4c(cccc14)-c1c-2c(-c2ccccc2)c2ccccc2c1-c1ccccc1)C1(C)C=CC(c2ccccc2)=NC31. The van der Waals surface area contributed by atoms with Gasteiger partial charge in [0.25, 0.3) is 0 Å². The van der Waals surface area contributed by atoms with Gasteiger partial charge in [-0.15, -0.1) is 0 Å². The number of aliphatic imine (C=N–C) groups is 1. The number of dihydropyridines is 1. The molecule has 3 aliphatic rings. The van der Waals surface area contributed by atoms with Gasteiger partial charge in [0.05, 0.1) is 23.0 Å². The monoisotopic (exact) mass is 815 g/mol. The Balaban J connectivity index is 1.12. The van der Waals surface area contributed by atoms with Crippen LogP contribution in [0.25, 0.3) is 99.9 Å². The molecule has 1 aliphatic heterocycles. The summed E-state index contributed by atoms with van der Waals surface area (Å²) < 4.78 is 0. The zero-order valence-electron chi connectivity index (χ0n) is 35.5. The van der Waals surface area contributed by atoms with Gasteiger partial charge >= 0.3 is 0 Å². The van der Waals surface area contributed by atoms with Crippen molar-refractivity contribution >= 4 is 49.8 Å². The summed E-state index contributed by atoms with van der Waals surface area (Å²) in [6, 6.07) is 65.9. The Morgan fingerprint density at radius 2 is 1.11 bits per heavy atom. The summed E-state index contributed by atoms with van der Waals surface area (Å²) in [6.45, 7) is 4.47. The van der Waals surface area contributed by atoms with Crippen LogP contribution in [0.5, 0.6) is 0 Å². The third kappa shape index (κ3) is 5.31. The van der Waals surface area contributed by atoms with E-state index in [1.807, 2.05) is 12.3 Å². The van der Waals surface area contributed by atoms with E-state index < -0.39 is 5.41 Å². The molecule has 0 saturated heterocycles. The third-order valence-corrected chi connectivity index (χ3v) is 14.0. The molecule has 0 spiro atoms. The maximum Gasteiger partial charge on any atom is 0.0892 e. The molecule has 10 aromatic rings. The van der Waals surface area contributed by atoms with E-state index in [4.69, 9.17) is 15.0 Å². The van der Waals surface area contributed by atoms with Crippen LogP contribution >= 0.6 is 0 Å². The maximum atomic E-state index is 5.75. The highest BCUT2D eigenvalue weighted by atomic mass is 14.9. The molecule has 2 atom stereocenters. The normalized spacial score (nSPS) is 16.9. The standard InChI is InChI=1S/C61H41N3/c1-37-28-29-45-48(53-27-14-15-34-62-53)35-50-49(59(45)63-37)36-51(61(2)33-32-52(64-60(50)61)38-17-6-3-7-18-38)41-30-31-47-56-42(41)25-16-26-46(56)57-54(39-19-8-4-9-20-39)43-23-12-13-24-44(43)55(58(47)57)40-21-10-5-11-22-40/h3-36,60H,1-2H3. The summed E-state index contributed by atoms with van der Waals surface area (Å²) in [4.78, 5) is 15.9. The molecule has 3 heterocycles. The lowest BCUT2D eigenvalue weighted by Gasteiger charge is -2.42. The molecule has 300 valence electrons. The van der Waals surface area contributed by atoms with Crippen molar-refractivity contribution in [1.82, 2.24) is 9.97 Å². The van der Waals surface area contributed by atoms with E-state index in [9.17, 15) is 0 Å². The molecule has 0 fully saturated rings. The average Bonchev–Trinajstić information content (AvgIpc) is 3.68. The lowest BCUT2D eigenvalue weighted by molar-refractivity contribution is 0.447. The number of allylic oxidation sites excluding steroid dienone is 1. The largest absolute Gasteiger partial charge is 0.275 e. The van der Waals surface area contributed by atoms with Crippen molar-refractivity contribution in [1.29, 1.82) is 0 Å². The fourth-order valence-corrected chi connectivity index (χ4v) is 11.1. The number of benzene rings is 8. The molecule has 3 heteroatoms. The summed E-state index contributed by atoms with van der Waals surface area (Å²) in [5.74, 6) is 0. The van der Waals surface area contributed by atoms with E-state index in [1.54, 1.807) is 0 Å². The van der Waals surface area contributed by atoms with Crippen LogP contribution in [-0.2, 0) is 0 Å². The molecule has 13 rings (SSSR count). The second-order valence-corrected chi connectivity index (χ2v) is 17.6. The van der Waals surface area contributed by atoms with Gasteiger partial charge in [-0.3, -0.25) is 15.0 Å². The minimum Gasteiger partial charge on any atom is -0.275 e.